The fraction of sp³-hybridized carbons (Fsp3) is 0.974. The maximum atomic E-state index is 12.5. The van der Waals surface area contributed by atoms with E-state index in [0.29, 0.717) is 0 Å². The lowest BCUT2D eigenvalue weighted by Gasteiger charge is -2.49. The van der Waals surface area contributed by atoms with Crippen LogP contribution in [0.2, 0.25) is 0 Å². The molecule has 0 heterocycles. The van der Waals surface area contributed by atoms with E-state index >= 15 is 0 Å². The molecule has 41 heavy (non-hydrogen) atoms. The Morgan fingerprint density at radius 1 is 0.415 bits per heavy atom. The summed E-state index contributed by atoms with van der Waals surface area (Å²) in [7, 11) is 0. The van der Waals surface area contributed by atoms with E-state index in [-0.39, 0.29) is 11.6 Å². The molecule has 0 spiro atoms. The Bertz CT molecular complexity index is 520. The molecule has 0 unspecified atom stereocenters. The molecule has 0 amide bonds. The highest BCUT2D eigenvalue weighted by Crippen LogP contribution is 2.51. The highest BCUT2D eigenvalue weighted by Gasteiger charge is 2.44. The molecule has 0 aliphatic heterocycles. The lowest BCUT2D eigenvalue weighted by molar-refractivity contribution is -0.324. The summed E-state index contributed by atoms with van der Waals surface area (Å²) in [6, 6.07) is 0. The third kappa shape index (κ3) is 21.7. The molecule has 0 aliphatic rings. The second kappa shape index (κ2) is 29.5. The average molecular weight is 582 g/mol. The zero-order chi connectivity index (χ0) is 29.8. The highest BCUT2D eigenvalue weighted by atomic mass is 16.4. The zero-order valence-corrected chi connectivity index (χ0v) is 29.5. The maximum Gasteiger partial charge on any atom is 0.0476 e. The van der Waals surface area contributed by atoms with Crippen LogP contribution < -0.4 is 11.3 Å². The lowest BCUT2D eigenvalue weighted by Crippen LogP contribution is -2.50. The van der Waals surface area contributed by atoms with Crippen molar-refractivity contribution in [1.29, 1.82) is 0 Å². The first kappa shape index (κ1) is 42.6. The first-order valence-corrected chi connectivity index (χ1v) is 18.6. The van der Waals surface area contributed by atoms with Crippen molar-refractivity contribution in [2.24, 2.45) is 10.8 Å². The summed E-state index contributed by atoms with van der Waals surface area (Å²) in [6.45, 7) is 10.8. The van der Waals surface area contributed by atoms with Gasteiger partial charge in [-0.15, -0.1) is 0 Å². The van der Waals surface area contributed by atoms with Gasteiger partial charge in [-0.1, -0.05) is 208 Å². The summed E-state index contributed by atoms with van der Waals surface area (Å²) in [5.41, 5.74) is -0.872. The first-order chi connectivity index (χ1) is 19.4. The summed E-state index contributed by atoms with van der Waals surface area (Å²) >= 11 is 0. The van der Waals surface area contributed by atoms with Gasteiger partial charge in [0, 0.05) is 11.4 Å². The normalized spacial score (nSPS) is 12.0. The van der Waals surface area contributed by atoms with Crippen LogP contribution in [0.15, 0.2) is 0 Å². The van der Waals surface area contributed by atoms with Crippen molar-refractivity contribution in [3.63, 3.8) is 0 Å². The van der Waals surface area contributed by atoms with E-state index in [1.165, 1.54) is 173 Å². The van der Waals surface area contributed by atoms with Crippen LogP contribution in [-0.2, 0) is 4.79 Å². The van der Waals surface area contributed by atoms with Crippen molar-refractivity contribution in [2.75, 3.05) is 0 Å². The Morgan fingerprint density at radius 3 is 0.805 bits per heavy atom. The van der Waals surface area contributed by atoms with Crippen molar-refractivity contribution in [1.82, 2.24) is 6.15 Å². The quantitative estimate of drug-likeness (QED) is 0.0802. The number of rotatable bonds is 32. The van der Waals surface area contributed by atoms with Gasteiger partial charge in [-0.2, -0.15) is 0 Å². The predicted molar refractivity (Wildman–Crippen MR) is 183 cm³/mol. The Balaban J connectivity index is 0. The number of hydrogen-bond donors (Lipinski definition) is 1. The molecule has 0 rings (SSSR count). The molecular weight excluding hydrogens is 502 g/mol. The van der Waals surface area contributed by atoms with Crippen molar-refractivity contribution in [2.45, 2.75) is 227 Å². The molecule has 0 aliphatic carbocycles. The first-order valence-electron chi connectivity index (χ1n) is 18.6. The van der Waals surface area contributed by atoms with Gasteiger partial charge in [0.2, 0.25) is 0 Å². The monoisotopic (exact) mass is 582 g/mol. The molecule has 0 saturated carbocycles. The van der Waals surface area contributed by atoms with Gasteiger partial charge in [-0.05, 0) is 24.7 Å². The van der Waals surface area contributed by atoms with Crippen LogP contribution in [0, 0.1) is 10.8 Å². The predicted octanol–water partition coefficient (Wildman–Crippen LogP) is 12.9. The van der Waals surface area contributed by atoms with Gasteiger partial charge in [0.05, 0.1) is 0 Å². The number of aliphatic carboxylic acids is 1. The van der Waals surface area contributed by atoms with Crippen LogP contribution >= 0.6 is 0 Å². The highest BCUT2D eigenvalue weighted by molar-refractivity contribution is 5.72. The minimum atomic E-state index is -0.824. The average Bonchev–Trinajstić information content (AvgIpc) is 2.93. The lowest BCUT2D eigenvalue weighted by atomic mass is 9.58. The van der Waals surface area contributed by atoms with Gasteiger partial charge in [-0.25, -0.2) is 0 Å². The Hall–Kier alpha value is -0.570. The maximum absolute atomic E-state index is 12.5. The summed E-state index contributed by atoms with van der Waals surface area (Å²) in [4.78, 5) is 12.5. The number of hydrogen-bond acceptors (Lipinski definition) is 2. The molecular formula is C38H79NO2. The summed E-state index contributed by atoms with van der Waals surface area (Å²) in [5.74, 6) is -0.824. The molecule has 3 heteroatoms. The Kier molecular flexibility index (Phi) is 30.6. The number of carboxylic acid groups (broad SMARTS) is 1. The Labute approximate surface area is 259 Å². The summed E-state index contributed by atoms with van der Waals surface area (Å²) < 4.78 is 0. The number of carbonyl (C=O) groups excluding carboxylic acids is 1. The fourth-order valence-corrected chi connectivity index (χ4v) is 6.85. The van der Waals surface area contributed by atoms with Gasteiger partial charge in [0.15, 0.2) is 0 Å². The van der Waals surface area contributed by atoms with Gasteiger partial charge < -0.3 is 16.1 Å². The van der Waals surface area contributed by atoms with Gasteiger partial charge in [-0.3, -0.25) is 0 Å². The van der Waals surface area contributed by atoms with E-state index in [2.05, 4.69) is 20.8 Å². The minimum absolute atomic E-state index is 0. The van der Waals surface area contributed by atoms with E-state index < -0.39 is 11.4 Å². The van der Waals surface area contributed by atoms with Gasteiger partial charge >= 0.3 is 0 Å². The molecule has 3 nitrogen and oxygen atoms in total. The van der Waals surface area contributed by atoms with E-state index in [1.807, 2.05) is 13.8 Å². The molecule has 0 aromatic carbocycles. The standard InChI is InChI=1S/C38H76O2.H3N/c1-6-9-12-15-18-20-22-25-28-31-34-38(37(4,5)36(39)40,33-30-27-24-17-14-11-8-3)35-32-29-26-23-21-19-16-13-10-7-2;/h6-35H2,1-5H3,(H,39,40);1H3. The van der Waals surface area contributed by atoms with Gasteiger partial charge in [0.25, 0.3) is 0 Å². The van der Waals surface area contributed by atoms with E-state index in [0.717, 1.165) is 19.3 Å². The number of carbonyl (C=O) groups is 1. The second-order valence-corrected chi connectivity index (χ2v) is 13.9. The molecule has 0 atom stereocenters. The SMILES string of the molecule is CCCCCCCCCCCCC(CCCCCCCCC)(CCCCCCCCCCCC)C(C)(C)C(=O)[O-].[NH4+]. The van der Waals surface area contributed by atoms with Crippen molar-refractivity contribution in [3.8, 4) is 0 Å². The topological polar surface area (TPSA) is 76.6 Å². The van der Waals surface area contributed by atoms with Crippen LogP contribution in [0.3, 0.4) is 0 Å². The van der Waals surface area contributed by atoms with E-state index in [1.54, 1.807) is 0 Å². The summed E-state index contributed by atoms with van der Waals surface area (Å²) in [6.07, 6.45) is 39.0. The molecule has 0 radical (unpaired) electrons. The number of carboxylic acids is 1. The third-order valence-corrected chi connectivity index (χ3v) is 10.1. The van der Waals surface area contributed by atoms with E-state index in [4.69, 9.17) is 0 Å². The van der Waals surface area contributed by atoms with Crippen molar-refractivity contribution >= 4 is 5.97 Å². The van der Waals surface area contributed by atoms with Crippen LogP contribution in [-0.4, -0.2) is 5.97 Å². The fourth-order valence-electron chi connectivity index (χ4n) is 6.85. The van der Waals surface area contributed by atoms with Crippen LogP contribution in [0.5, 0.6) is 0 Å². The van der Waals surface area contributed by atoms with Crippen LogP contribution in [0.1, 0.15) is 227 Å². The van der Waals surface area contributed by atoms with Crippen LogP contribution in [0.25, 0.3) is 0 Å². The van der Waals surface area contributed by atoms with Crippen molar-refractivity contribution < 1.29 is 9.90 Å². The Morgan fingerprint density at radius 2 is 0.610 bits per heavy atom. The molecule has 0 saturated heterocycles. The minimum Gasteiger partial charge on any atom is -0.550 e. The molecule has 0 fully saturated rings. The molecule has 0 aromatic rings. The molecule has 0 bridgehead atoms. The summed E-state index contributed by atoms with van der Waals surface area (Å²) in [5, 5.41) is 12.5. The van der Waals surface area contributed by atoms with E-state index in [9.17, 15) is 9.90 Å². The smallest absolute Gasteiger partial charge is 0.0476 e. The largest absolute Gasteiger partial charge is 0.550 e. The third-order valence-electron chi connectivity index (χ3n) is 10.1. The molecule has 4 N–H and O–H groups in total. The molecule has 248 valence electrons. The number of unbranched alkanes of at least 4 members (excludes halogenated alkanes) is 24. The second-order valence-electron chi connectivity index (χ2n) is 13.9. The van der Waals surface area contributed by atoms with Crippen molar-refractivity contribution in [3.05, 3.63) is 0 Å². The van der Waals surface area contributed by atoms with Gasteiger partial charge in [0.1, 0.15) is 0 Å². The van der Waals surface area contributed by atoms with Crippen LogP contribution in [0.4, 0.5) is 0 Å². The number of quaternary nitrogens is 1. The zero-order valence-electron chi connectivity index (χ0n) is 29.5. The molecule has 0 aromatic heterocycles.